The van der Waals surface area contributed by atoms with E-state index in [0.29, 0.717) is 6.54 Å². The average molecular weight is 285 g/mol. The number of carbonyl (C=O) groups is 1. The number of Topliss-reactive ketones (excluding diaryl/α,β-unsaturated/α-hetero) is 1. The molecule has 0 radical (unpaired) electrons. The van der Waals surface area contributed by atoms with Crippen molar-refractivity contribution in [1.29, 1.82) is 0 Å². The molecule has 0 spiro atoms. The smallest absolute Gasteiger partial charge is 0.184 e. The molecule has 4 nitrogen and oxygen atoms in total. The summed E-state index contributed by atoms with van der Waals surface area (Å²) in [4.78, 5) is 17.1. The molecule has 0 saturated carbocycles. The summed E-state index contributed by atoms with van der Waals surface area (Å²) in [7, 11) is 0. The summed E-state index contributed by atoms with van der Waals surface area (Å²) in [5, 5.41) is 0. The van der Waals surface area contributed by atoms with Crippen molar-refractivity contribution in [2.75, 3.05) is 0 Å². The molecule has 0 aliphatic heterocycles. The Hall–Kier alpha value is -1.84. The molecular weight excluding hydrogens is 262 g/mol. The van der Waals surface area contributed by atoms with Crippen LogP contribution in [0.25, 0.3) is 0 Å². The predicted octanol–water partition coefficient (Wildman–Crippen LogP) is 3.08. The minimum Gasteiger partial charge on any atom is -0.349 e. The molecular formula is C17H23N3O. The zero-order valence-corrected chi connectivity index (χ0v) is 13.1. The number of imidazole rings is 1. The first-order chi connectivity index (χ1) is 10.1. The number of aryl methyl sites for hydroxylation is 2. The van der Waals surface area contributed by atoms with Crippen molar-refractivity contribution in [3.05, 3.63) is 40.7 Å². The van der Waals surface area contributed by atoms with E-state index in [4.69, 9.17) is 0 Å². The van der Waals surface area contributed by atoms with Gasteiger partial charge in [0, 0.05) is 29.2 Å². The van der Waals surface area contributed by atoms with Crippen LogP contribution in [0.2, 0.25) is 0 Å². The molecule has 0 amide bonds. The number of hydrogen-bond acceptors (Lipinski definition) is 2. The van der Waals surface area contributed by atoms with E-state index in [1.807, 2.05) is 19.3 Å². The number of rotatable bonds is 4. The lowest BCUT2D eigenvalue weighted by Gasteiger charge is -2.13. The molecule has 0 aromatic carbocycles. The van der Waals surface area contributed by atoms with Gasteiger partial charge in [0.2, 0.25) is 0 Å². The maximum Gasteiger partial charge on any atom is 0.184 e. The molecule has 0 N–H and O–H groups in total. The number of aromatic nitrogens is 3. The van der Waals surface area contributed by atoms with E-state index in [0.717, 1.165) is 36.3 Å². The van der Waals surface area contributed by atoms with Crippen molar-refractivity contribution < 1.29 is 4.79 Å². The highest BCUT2D eigenvalue weighted by atomic mass is 16.1. The second-order valence-electron chi connectivity index (χ2n) is 5.93. The van der Waals surface area contributed by atoms with Gasteiger partial charge in [-0.1, -0.05) is 0 Å². The first-order valence-corrected chi connectivity index (χ1v) is 7.84. The average Bonchev–Trinajstić information content (AvgIpc) is 3.01. The molecule has 112 valence electrons. The third-order valence-corrected chi connectivity index (χ3v) is 4.61. The number of ketones is 1. The predicted molar refractivity (Wildman–Crippen MR) is 82.8 cm³/mol. The first-order valence-electron chi connectivity index (χ1n) is 7.84. The second-order valence-corrected chi connectivity index (χ2v) is 5.93. The summed E-state index contributed by atoms with van der Waals surface area (Å²) in [5.41, 5.74) is 5.54. The van der Waals surface area contributed by atoms with E-state index in [2.05, 4.69) is 28.0 Å². The Morgan fingerprint density at radius 3 is 2.76 bits per heavy atom. The van der Waals surface area contributed by atoms with E-state index in [1.54, 1.807) is 0 Å². The molecule has 1 aliphatic rings. The number of fused-ring (bicyclic) bond motifs is 1. The highest BCUT2D eigenvalue weighted by Crippen LogP contribution is 2.21. The molecule has 0 bridgehead atoms. The quantitative estimate of drug-likeness (QED) is 0.810. The Morgan fingerprint density at radius 2 is 2.05 bits per heavy atom. The number of carbonyl (C=O) groups excluding carboxylic acids is 1. The van der Waals surface area contributed by atoms with Crippen LogP contribution in [0.5, 0.6) is 0 Å². The topological polar surface area (TPSA) is 39.8 Å². The van der Waals surface area contributed by atoms with E-state index >= 15 is 0 Å². The summed E-state index contributed by atoms with van der Waals surface area (Å²) in [6, 6.07) is 2.02. The van der Waals surface area contributed by atoms with Crippen LogP contribution in [0.3, 0.4) is 0 Å². The van der Waals surface area contributed by atoms with Crippen LogP contribution in [0.1, 0.15) is 52.9 Å². The molecule has 2 aromatic heterocycles. The maximum atomic E-state index is 12.6. The van der Waals surface area contributed by atoms with Gasteiger partial charge in [0.15, 0.2) is 5.78 Å². The van der Waals surface area contributed by atoms with Crippen LogP contribution < -0.4 is 0 Å². The number of hydrogen-bond donors (Lipinski definition) is 0. The van der Waals surface area contributed by atoms with Gasteiger partial charge in [0.1, 0.15) is 0 Å². The Balaban J connectivity index is 1.85. The largest absolute Gasteiger partial charge is 0.349 e. The highest BCUT2D eigenvalue weighted by molar-refractivity contribution is 5.97. The molecule has 0 saturated heterocycles. The van der Waals surface area contributed by atoms with Gasteiger partial charge < -0.3 is 9.13 Å². The van der Waals surface area contributed by atoms with E-state index in [-0.39, 0.29) is 5.78 Å². The molecule has 1 aliphatic carbocycles. The lowest BCUT2D eigenvalue weighted by atomic mass is 10.0. The van der Waals surface area contributed by atoms with Crippen LogP contribution >= 0.6 is 0 Å². The molecule has 21 heavy (non-hydrogen) atoms. The third kappa shape index (κ3) is 2.43. The zero-order valence-electron chi connectivity index (χ0n) is 13.1. The fourth-order valence-electron chi connectivity index (χ4n) is 3.48. The zero-order chi connectivity index (χ0) is 15.0. The van der Waals surface area contributed by atoms with Crippen molar-refractivity contribution in [3.8, 4) is 0 Å². The maximum absolute atomic E-state index is 12.6. The van der Waals surface area contributed by atoms with Crippen LogP contribution in [-0.4, -0.2) is 19.9 Å². The van der Waals surface area contributed by atoms with E-state index < -0.39 is 0 Å². The second kappa shape index (κ2) is 5.51. The van der Waals surface area contributed by atoms with Gasteiger partial charge in [0.05, 0.1) is 18.6 Å². The fraction of sp³-hybridized carbons (Fsp3) is 0.529. The minimum absolute atomic E-state index is 0.188. The summed E-state index contributed by atoms with van der Waals surface area (Å²) < 4.78 is 4.24. The normalized spacial score (nSPS) is 14.2. The summed E-state index contributed by atoms with van der Waals surface area (Å²) >= 11 is 0. The lowest BCUT2D eigenvalue weighted by Crippen LogP contribution is -2.15. The Labute approximate surface area is 125 Å². The van der Waals surface area contributed by atoms with Crippen LogP contribution in [-0.2, 0) is 25.9 Å². The SMILES string of the molecule is CCn1c(C)cc(C(=O)Cn2cnc3c2CCCC3)c1C. The van der Waals surface area contributed by atoms with Crippen molar-refractivity contribution >= 4 is 5.78 Å². The molecule has 3 rings (SSSR count). The highest BCUT2D eigenvalue weighted by Gasteiger charge is 2.19. The summed E-state index contributed by atoms with van der Waals surface area (Å²) in [6.07, 6.45) is 6.37. The van der Waals surface area contributed by atoms with Gasteiger partial charge in [-0.05, 0) is 52.5 Å². The molecule has 0 unspecified atom stereocenters. The molecule has 2 aromatic rings. The van der Waals surface area contributed by atoms with Gasteiger partial charge in [0.25, 0.3) is 0 Å². The van der Waals surface area contributed by atoms with Gasteiger partial charge in [-0.15, -0.1) is 0 Å². The Morgan fingerprint density at radius 1 is 1.29 bits per heavy atom. The standard InChI is InChI=1S/C17H23N3O/c1-4-20-12(2)9-14(13(20)3)17(21)10-19-11-18-15-7-5-6-8-16(15)19/h9,11H,4-8,10H2,1-3H3. The van der Waals surface area contributed by atoms with E-state index in [9.17, 15) is 4.79 Å². The van der Waals surface area contributed by atoms with Gasteiger partial charge in [-0.3, -0.25) is 4.79 Å². The van der Waals surface area contributed by atoms with Crippen molar-refractivity contribution in [2.45, 2.75) is 59.5 Å². The van der Waals surface area contributed by atoms with Gasteiger partial charge in [-0.25, -0.2) is 4.98 Å². The van der Waals surface area contributed by atoms with Gasteiger partial charge >= 0.3 is 0 Å². The summed E-state index contributed by atoms with van der Waals surface area (Å²) in [6.45, 7) is 7.53. The van der Waals surface area contributed by atoms with E-state index in [1.165, 1.54) is 24.2 Å². The molecule has 0 fully saturated rings. The Kier molecular flexibility index (Phi) is 3.70. The fourth-order valence-corrected chi connectivity index (χ4v) is 3.48. The Bertz CT molecular complexity index is 679. The van der Waals surface area contributed by atoms with Crippen LogP contribution in [0.15, 0.2) is 12.4 Å². The summed E-state index contributed by atoms with van der Waals surface area (Å²) in [5.74, 6) is 0.188. The first kappa shape index (κ1) is 14.1. The van der Waals surface area contributed by atoms with Gasteiger partial charge in [-0.2, -0.15) is 0 Å². The molecule has 0 atom stereocenters. The lowest BCUT2D eigenvalue weighted by molar-refractivity contribution is 0.0970. The van der Waals surface area contributed by atoms with Crippen LogP contribution in [0, 0.1) is 13.8 Å². The third-order valence-electron chi connectivity index (χ3n) is 4.61. The monoisotopic (exact) mass is 285 g/mol. The molecule has 4 heteroatoms. The number of nitrogens with zero attached hydrogens (tertiary/aromatic N) is 3. The van der Waals surface area contributed by atoms with Crippen molar-refractivity contribution in [1.82, 2.24) is 14.1 Å². The molecule has 2 heterocycles. The van der Waals surface area contributed by atoms with Crippen molar-refractivity contribution in [2.24, 2.45) is 0 Å². The van der Waals surface area contributed by atoms with Crippen LogP contribution in [0.4, 0.5) is 0 Å². The minimum atomic E-state index is 0.188. The van der Waals surface area contributed by atoms with Crippen molar-refractivity contribution in [3.63, 3.8) is 0 Å².